The van der Waals surface area contributed by atoms with Crippen LogP contribution in [0.2, 0.25) is 0 Å². The summed E-state index contributed by atoms with van der Waals surface area (Å²) in [6.07, 6.45) is 0. The van der Waals surface area contributed by atoms with E-state index >= 15 is 0 Å². The number of aromatic hydroxyl groups is 1. The van der Waals surface area contributed by atoms with Gasteiger partial charge in [0.15, 0.2) is 0 Å². The average molecular weight is 127 g/mol. The van der Waals surface area contributed by atoms with E-state index in [1.807, 2.05) is 0 Å². The summed E-state index contributed by atoms with van der Waals surface area (Å²) in [5.74, 6) is 0.0112. The lowest BCUT2D eigenvalue weighted by atomic mass is 10.7. The van der Waals surface area contributed by atoms with Crippen molar-refractivity contribution in [2.24, 2.45) is 5.18 Å². The quantitative estimate of drug-likeness (QED) is 0.548. The van der Waals surface area contributed by atoms with Gasteiger partial charge in [0.25, 0.3) is 5.88 Å². The fourth-order valence-electron chi connectivity index (χ4n) is 0.531. The molecule has 9 heavy (non-hydrogen) atoms. The van der Waals surface area contributed by atoms with Crippen LogP contribution in [0.3, 0.4) is 0 Å². The van der Waals surface area contributed by atoms with Crippen LogP contribution in [0.15, 0.2) is 5.18 Å². The predicted octanol–water partition coefficient (Wildman–Crippen LogP) is 0.822. The molecule has 0 aliphatic rings. The van der Waals surface area contributed by atoms with Crippen LogP contribution >= 0.6 is 0 Å². The standard InChI is InChI=1S/C4H5N3O2/c1-2-5-3(7-9)4(8)6-2/h8H,1H3,(H,5,6). The van der Waals surface area contributed by atoms with E-state index < -0.39 is 0 Å². The maximum absolute atomic E-state index is 9.76. The lowest BCUT2D eigenvalue weighted by Crippen LogP contribution is -1.68. The van der Waals surface area contributed by atoms with E-state index in [1.54, 1.807) is 6.92 Å². The fourth-order valence-corrected chi connectivity index (χ4v) is 0.531. The highest BCUT2D eigenvalue weighted by atomic mass is 16.3. The summed E-state index contributed by atoms with van der Waals surface area (Å²) in [6.45, 7) is 1.62. The van der Waals surface area contributed by atoms with Gasteiger partial charge in [-0.2, -0.15) is 4.98 Å². The first-order chi connectivity index (χ1) is 4.24. The molecular weight excluding hydrogens is 122 g/mol. The minimum atomic E-state index is -0.345. The maximum Gasteiger partial charge on any atom is 0.260 e. The van der Waals surface area contributed by atoms with Crippen LogP contribution in [-0.4, -0.2) is 15.1 Å². The summed E-state index contributed by atoms with van der Waals surface area (Å²) >= 11 is 0. The number of aromatic amines is 1. The number of aryl methyl sites for hydroxylation is 1. The number of aromatic nitrogens is 2. The van der Waals surface area contributed by atoms with Gasteiger partial charge in [0.05, 0.1) is 0 Å². The number of nitrogens with one attached hydrogen (secondary N) is 1. The number of imidazole rings is 1. The SMILES string of the molecule is Cc1nc(O)c(N=O)[nH]1. The molecule has 5 nitrogen and oxygen atoms in total. The molecule has 1 heterocycles. The van der Waals surface area contributed by atoms with Crippen molar-refractivity contribution in [1.29, 1.82) is 0 Å². The molecule has 0 radical (unpaired) electrons. The van der Waals surface area contributed by atoms with Crippen molar-refractivity contribution in [3.8, 4) is 5.88 Å². The first kappa shape index (κ1) is 5.74. The van der Waals surface area contributed by atoms with Gasteiger partial charge in [0.2, 0.25) is 5.82 Å². The number of nitrogens with zero attached hydrogens (tertiary/aromatic N) is 2. The van der Waals surface area contributed by atoms with Gasteiger partial charge in [-0.1, -0.05) is 0 Å². The molecule has 0 fully saturated rings. The molecule has 1 rings (SSSR count). The van der Waals surface area contributed by atoms with E-state index in [0.717, 1.165) is 0 Å². The van der Waals surface area contributed by atoms with Crippen LogP contribution in [0.1, 0.15) is 5.82 Å². The highest BCUT2D eigenvalue weighted by Crippen LogP contribution is 2.20. The number of hydrogen-bond acceptors (Lipinski definition) is 4. The molecule has 0 amide bonds. The second kappa shape index (κ2) is 1.85. The van der Waals surface area contributed by atoms with Gasteiger partial charge in [0.1, 0.15) is 5.82 Å². The number of nitroso groups, excluding NO2 is 1. The Kier molecular flexibility index (Phi) is 1.18. The van der Waals surface area contributed by atoms with Gasteiger partial charge in [-0.05, 0) is 12.1 Å². The molecule has 0 spiro atoms. The average Bonchev–Trinajstić information content (AvgIpc) is 2.10. The second-order valence-electron chi connectivity index (χ2n) is 1.59. The molecule has 0 atom stereocenters. The highest BCUT2D eigenvalue weighted by Gasteiger charge is 2.04. The minimum Gasteiger partial charge on any atom is -0.491 e. The molecular formula is C4H5N3O2. The van der Waals surface area contributed by atoms with Crippen LogP contribution in [0, 0.1) is 11.8 Å². The summed E-state index contributed by atoms with van der Waals surface area (Å²) in [5.41, 5.74) is 0. The molecule has 5 heteroatoms. The zero-order valence-corrected chi connectivity index (χ0v) is 4.75. The zero-order valence-electron chi connectivity index (χ0n) is 4.75. The highest BCUT2D eigenvalue weighted by molar-refractivity contribution is 5.38. The van der Waals surface area contributed by atoms with Crippen molar-refractivity contribution in [3.05, 3.63) is 10.7 Å². The zero-order chi connectivity index (χ0) is 6.85. The molecule has 2 N–H and O–H groups in total. The Bertz CT molecular complexity index is 230. The van der Waals surface area contributed by atoms with Crippen molar-refractivity contribution < 1.29 is 5.11 Å². The van der Waals surface area contributed by atoms with Crippen LogP contribution in [0.25, 0.3) is 0 Å². The Morgan fingerprint density at radius 2 is 2.44 bits per heavy atom. The van der Waals surface area contributed by atoms with Crippen molar-refractivity contribution in [1.82, 2.24) is 9.97 Å². The van der Waals surface area contributed by atoms with Gasteiger partial charge >= 0.3 is 0 Å². The van der Waals surface area contributed by atoms with Crippen molar-refractivity contribution >= 4 is 5.82 Å². The van der Waals surface area contributed by atoms with E-state index in [0.29, 0.717) is 5.82 Å². The van der Waals surface area contributed by atoms with Crippen molar-refractivity contribution in [3.63, 3.8) is 0 Å². The molecule has 0 unspecified atom stereocenters. The van der Waals surface area contributed by atoms with Crippen molar-refractivity contribution in [2.75, 3.05) is 0 Å². The largest absolute Gasteiger partial charge is 0.491 e. The van der Waals surface area contributed by atoms with Crippen molar-refractivity contribution in [2.45, 2.75) is 6.92 Å². The van der Waals surface area contributed by atoms with Gasteiger partial charge in [-0.15, -0.1) is 4.91 Å². The normalized spacial score (nSPS) is 9.44. The Labute approximate surface area is 50.7 Å². The third-order valence-corrected chi connectivity index (χ3v) is 0.876. The van der Waals surface area contributed by atoms with E-state index in [9.17, 15) is 4.91 Å². The first-order valence-corrected chi connectivity index (χ1v) is 2.33. The molecule has 0 aliphatic heterocycles. The van der Waals surface area contributed by atoms with E-state index in [1.165, 1.54) is 0 Å². The summed E-state index contributed by atoms with van der Waals surface area (Å²) in [6, 6.07) is 0. The Balaban J connectivity index is 3.15. The smallest absolute Gasteiger partial charge is 0.260 e. The summed E-state index contributed by atoms with van der Waals surface area (Å²) in [7, 11) is 0. The number of H-pyrrole nitrogens is 1. The minimum absolute atomic E-state index is 0.118. The lowest BCUT2D eigenvalue weighted by Gasteiger charge is -1.76. The Morgan fingerprint density at radius 1 is 1.78 bits per heavy atom. The van der Waals surface area contributed by atoms with Crippen LogP contribution in [-0.2, 0) is 0 Å². The van der Waals surface area contributed by atoms with Crippen LogP contribution in [0.5, 0.6) is 5.88 Å². The van der Waals surface area contributed by atoms with Crippen LogP contribution < -0.4 is 0 Å². The Hall–Kier alpha value is -1.39. The lowest BCUT2D eigenvalue weighted by molar-refractivity contribution is 0.457. The van der Waals surface area contributed by atoms with Gasteiger partial charge in [-0.3, -0.25) is 0 Å². The molecule has 0 bridgehead atoms. The molecule has 1 aromatic rings. The van der Waals surface area contributed by atoms with Gasteiger partial charge < -0.3 is 10.1 Å². The number of hydrogen-bond donors (Lipinski definition) is 2. The van der Waals surface area contributed by atoms with E-state index in [-0.39, 0.29) is 11.7 Å². The topological polar surface area (TPSA) is 78.3 Å². The second-order valence-corrected chi connectivity index (χ2v) is 1.59. The third-order valence-electron chi connectivity index (χ3n) is 0.876. The summed E-state index contributed by atoms with van der Waals surface area (Å²) in [5, 5.41) is 11.2. The maximum atomic E-state index is 9.76. The Morgan fingerprint density at radius 3 is 2.67 bits per heavy atom. The van der Waals surface area contributed by atoms with Crippen LogP contribution in [0.4, 0.5) is 5.82 Å². The first-order valence-electron chi connectivity index (χ1n) is 2.33. The summed E-state index contributed by atoms with van der Waals surface area (Å²) < 4.78 is 0. The molecule has 48 valence electrons. The molecule has 0 aliphatic carbocycles. The molecule has 0 aromatic carbocycles. The molecule has 0 saturated carbocycles. The van der Waals surface area contributed by atoms with E-state index in [4.69, 9.17) is 5.11 Å². The van der Waals surface area contributed by atoms with Gasteiger partial charge in [-0.25, -0.2) is 0 Å². The molecule has 1 aromatic heterocycles. The predicted molar refractivity (Wildman–Crippen MR) is 30.4 cm³/mol. The summed E-state index contributed by atoms with van der Waals surface area (Å²) in [4.78, 5) is 15.7. The molecule has 0 saturated heterocycles. The third kappa shape index (κ3) is 0.883. The van der Waals surface area contributed by atoms with E-state index in [2.05, 4.69) is 15.1 Å². The van der Waals surface area contributed by atoms with Gasteiger partial charge in [0, 0.05) is 0 Å². The fraction of sp³-hybridized carbons (Fsp3) is 0.250. The number of rotatable bonds is 1. The monoisotopic (exact) mass is 127 g/mol.